The van der Waals surface area contributed by atoms with Crippen LogP contribution < -0.4 is 10.2 Å². The lowest BCUT2D eigenvalue weighted by Gasteiger charge is -2.26. The van der Waals surface area contributed by atoms with Crippen molar-refractivity contribution < 1.29 is 28.2 Å². The molecule has 0 unspecified atom stereocenters. The minimum atomic E-state index is -0.519. The smallest absolute Gasteiger partial charge is 0.250 e. The van der Waals surface area contributed by atoms with E-state index in [1.54, 1.807) is 12.3 Å². The molecule has 0 radical (unpaired) electrons. The third-order valence-corrected chi connectivity index (χ3v) is 6.47. The number of nitrogens with zero attached hydrogens (tertiary/aromatic N) is 5. The van der Waals surface area contributed by atoms with Gasteiger partial charge >= 0.3 is 0 Å². The highest BCUT2D eigenvalue weighted by molar-refractivity contribution is 5.95. The third kappa shape index (κ3) is 5.00. The van der Waals surface area contributed by atoms with Crippen molar-refractivity contribution >= 4 is 29.0 Å². The fraction of sp³-hybridized carbons (Fsp3) is 0.417. The first kappa shape index (κ1) is 24.1. The molecule has 2 aliphatic heterocycles. The molecule has 2 amide bonds. The van der Waals surface area contributed by atoms with E-state index in [1.807, 2.05) is 4.90 Å². The number of carbonyl (C=O) groups excluding carboxylic acids is 2. The molecule has 2 fully saturated rings. The number of aromatic nitrogens is 3. The molecule has 10 nitrogen and oxygen atoms in total. The van der Waals surface area contributed by atoms with Gasteiger partial charge in [-0.15, -0.1) is 0 Å². The van der Waals surface area contributed by atoms with E-state index in [2.05, 4.69) is 15.4 Å². The van der Waals surface area contributed by atoms with Crippen LogP contribution in [0, 0.1) is 11.6 Å². The molecular formula is C24H26F2N6O4. The van der Waals surface area contributed by atoms with Crippen molar-refractivity contribution in [3.05, 3.63) is 53.9 Å². The summed E-state index contributed by atoms with van der Waals surface area (Å²) >= 11 is 0. The molecule has 36 heavy (non-hydrogen) atoms. The van der Waals surface area contributed by atoms with E-state index in [-0.39, 0.29) is 37.3 Å². The Bertz CT molecular complexity index is 1280. The Morgan fingerprint density at radius 3 is 2.83 bits per heavy atom. The number of aliphatic hydroxyl groups excluding tert-OH is 1. The predicted molar refractivity (Wildman–Crippen MR) is 125 cm³/mol. The monoisotopic (exact) mass is 500 g/mol. The van der Waals surface area contributed by atoms with Crippen LogP contribution in [0.15, 0.2) is 36.7 Å². The molecule has 2 N–H and O–H groups in total. The standard InChI is InChI=1S/C24H26F2N6O4/c25-15-3-4-18(26)17(10-15)20-2-1-7-31(20)21-6-9-32-24(29-21)19(11-27-32)28-22(34)13-36-14-23(35)30-8-5-16(33)12-30/h3-4,6,9-11,16,20,33H,1-2,5,7-8,12-14H2,(H,28,34)/t16-,20+/m0/s1. The number of likely N-dealkylation sites (tertiary alicyclic amines) is 1. The number of fused-ring (bicyclic) bond motifs is 1. The van der Waals surface area contributed by atoms with Crippen molar-refractivity contribution in [3.63, 3.8) is 0 Å². The van der Waals surface area contributed by atoms with Gasteiger partial charge in [-0.25, -0.2) is 18.3 Å². The number of nitrogens with one attached hydrogen (secondary N) is 1. The molecule has 12 heteroatoms. The molecule has 190 valence electrons. The minimum absolute atomic E-state index is 0.260. The number of β-amino-alcohol motifs (C(OH)–C–C–N with tert-alkyl or cyclic N) is 1. The van der Waals surface area contributed by atoms with Crippen LogP contribution in [0.3, 0.4) is 0 Å². The van der Waals surface area contributed by atoms with E-state index in [1.165, 1.54) is 21.7 Å². The van der Waals surface area contributed by atoms with E-state index < -0.39 is 23.6 Å². The number of halogens is 2. The van der Waals surface area contributed by atoms with Gasteiger partial charge in [0.2, 0.25) is 5.91 Å². The molecule has 0 aliphatic carbocycles. The first-order valence-electron chi connectivity index (χ1n) is 11.8. The highest BCUT2D eigenvalue weighted by atomic mass is 19.1. The molecule has 4 heterocycles. The first-order valence-corrected chi connectivity index (χ1v) is 11.8. The van der Waals surface area contributed by atoms with Crippen molar-refractivity contribution in [1.29, 1.82) is 0 Å². The van der Waals surface area contributed by atoms with Crippen molar-refractivity contribution in [2.75, 3.05) is 43.1 Å². The van der Waals surface area contributed by atoms with Crippen molar-refractivity contribution in [2.45, 2.75) is 31.4 Å². The molecule has 5 rings (SSSR count). The van der Waals surface area contributed by atoms with E-state index in [9.17, 15) is 23.5 Å². The Kier molecular flexibility index (Phi) is 6.79. The van der Waals surface area contributed by atoms with Crippen LogP contribution in [0.2, 0.25) is 0 Å². The summed E-state index contributed by atoms with van der Waals surface area (Å²) in [7, 11) is 0. The maximum atomic E-state index is 14.5. The molecule has 2 saturated heterocycles. The average Bonchev–Trinajstić information content (AvgIpc) is 3.60. The number of benzene rings is 1. The lowest BCUT2D eigenvalue weighted by Crippen LogP contribution is -2.33. The van der Waals surface area contributed by atoms with Crippen LogP contribution in [0.1, 0.15) is 30.9 Å². The Morgan fingerprint density at radius 1 is 1.17 bits per heavy atom. The quantitative estimate of drug-likeness (QED) is 0.510. The van der Waals surface area contributed by atoms with Gasteiger partial charge in [-0.2, -0.15) is 5.10 Å². The average molecular weight is 501 g/mol. The number of carbonyl (C=O) groups is 2. The van der Waals surface area contributed by atoms with Gasteiger partial charge in [-0.1, -0.05) is 0 Å². The first-order chi connectivity index (χ1) is 17.4. The molecular weight excluding hydrogens is 474 g/mol. The van der Waals surface area contributed by atoms with E-state index >= 15 is 0 Å². The van der Waals surface area contributed by atoms with Crippen LogP contribution in [0.4, 0.5) is 20.3 Å². The van der Waals surface area contributed by atoms with Crippen LogP contribution in [-0.2, 0) is 14.3 Å². The predicted octanol–water partition coefficient (Wildman–Crippen LogP) is 1.90. The topological polar surface area (TPSA) is 112 Å². The number of aliphatic hydroxyl groups is 1. The highest BCUT2D eigenvalue weighted by Gasteiger charge is 2.30. The summed E-state index contributed by atoms with van der Waals surface area (Å²) in [5.41, 5.74) is 1.02. The second-order valence-corrected chi connectivity index (χ2v) is 8.95. The van der Waals surface area contributed by atoms with E-state index in [4.69, 9.17) is 4.74 Å². The largest absolute Gasteiger partial charge is 0.391 e. The van der Waals surface area contributed by atoms with Gasteiger partial charge in [0, 0.05) is 31.4 Å². The molecule has 3 aromatic rings. The Morgan fingerprint density at radius 2 is 2.03 bits per heavy atom. The number of amides is 2. The van der Waals surface area contributed by atoms with Crippen molar-refractivity contribution in [2.24, 2.45) is 0 Å². The second kappa shape index (κ2) is 10.2. The molecule has 0 spiro atoms. The van der Waals surface area contributed by atoms with Crippen LogP contribution in [-0.4, -0.2) is 75.4 Å². The van der Waals surface area contributed by atoms with E-state index in [0.717, 1.165) is 18.6 Å². The summed E-state index contributed by atoms with van der Waals surface area (Å²) in [5.74, 6) is -1.17. The van der Waals surface area contributed by atoms with Gasteiger partial charge in [0.15, 0.2) is 5.65 Å². The highest BCUT2D eigenvalue weighted by Crippen LogP contribution is 2.37. The van der Waals surface area contributed by atoms with Gasteiger partial charge < -0.3 is 25.0 Å². The maximum absolute atomic E-state index is 14.5. The third-order valence-electron chi connectivity index (χ3n) is 6.47. The summed E-state index contributed by atoms with van der Waals surface area (Å²) in [6.45, 7) is 0.760. The fourth-order valence-corrected chi connectivity index (χ4v) is 4.72. The molecule has 0 bridgehead atoms. The van der Waals surface area contributed by atoms with Crippen LogP contribution in [0.5, 0.6) is 0 Å². The Labute approximate surface area is 205 Å². The second-order valence-electron chi connectivity index (χ2n) is 8.95. The number of anilines is 2. The molecule has 2 atom stereocenters. The zero-order valence-electron chi connectivity index (χ0n) is 19.4. The summed E-state index contributed by atoms with van der Waals surface area (Å²) in [5, 5.41) is 16.4. The molecule has 0 saturated carbocycles. The normalized spacial score (nSPS) is 19.9. The number of hydrogen-bond acceptors (Lipinski definition) is 7. The lowest BCUT2D eigenvalue weighted by atomic mass is 10.0. The molecule has 2 aromatic heterocycles. The lowest BCUT2D eigenvalue weighted by molar-refractivity contribution is -0.136. The zero-order valence-corrected chi connectivity index (χ0v) is 19.4. The van der Waals surface area contributed by atoms with Crippen LogP contribution in [0.25, 0.3) is 5.65 Å². The maximum Gasteiger partial charge on any atom is 0.250 e. The Hall–Kier alpha value is -3.64. The minimum Gasteiger partial charge on any atom is -0.391 e. The number of hydrogen-bond donors (Lipinski definition) is 2. The van der Waals surface area contributed by atoms with Gasteiger partial charge in [-0.3, -0.25) is 9.59 Å². The van der Waals surface area contributed by atoms with E-state index in [0.29, 0.717) is 43.1 Å². The van der Waals surface area contributed by atoms with Gasteiger partial charge in [-0.05, 0) is 43.5 Å². The van der Waals surface area contributed by atoms with Gasteiger partial charge in [0.25, 0.3) is 5.91 Å². The van der Waals surface area contributed by atoms with Crippen LogP contribution >= 0.6 is 0 Å². The van der Waals surface area contributed by atoms with Gasteiger partial charge in [0.1, 0.15) is 36.4 Å². The fourth-order valence-electron chi connectivity index (χ4n) is 4.72. The zero-order chi connectivity index (χ0) is 25.2. The number of rotatable bonds is 7. The summed E-state index contributed by atoms with van der Waals surface area (Å²) in [6.07, 6.45) is 4.60. The molecule has 1 aromatic carbocycles. The summed E-state index contributed by atoms with van der Waals surface area (Å²) in [6, 6.07) is 4.83. The Balaban J connectivity index is 1.25. The summed E-state index contributed by atoms with van der Waals surface area (Å²) in [4.78, 5) is 32.5. The van der Waals surface area contributed by atoms with Gasteiger partial charge in [0.05, 0.1) is 18.3 Å². The number of ether oxygens (including phenoxy) is 1. The summed E-state index contributed by atoms with van der Waals surface area (Å²) < 4.78 is 35.0. The SMILES string of the molecule is O=C(COCC(=O)N1CC[C@H](O)C1)Nc1cnn2ccc(N3CCC[C@@H]3c3cc(F)ccc3F)nc12. The van der Waals surface area contributed by atoms with Crippen molar-refractivity contribution in [3.8, 4) is 0 Å². The molecule has 2 aliphatic rings. The van der Waals surface area contributed by atoms with Crippen molar-refractivity contribution in [1.82, 2.24) is 19.5 Å².